The quantitative estimate of drug-likeness (QED) is 0.466. The molecule has 0 bridgehead atoms. The van der Waals surface area contributed by atoms with Crippen molar-refractivity contribution in [1.29, 1.82) is 0 Å². The molecule has 0 aliphatic heterocycles. The second-order valence-electron chi connectivity index (χ2n) is 5.33. The molecule has 2 rings (SSSR count). The second kappa shape index (κ2) is 8.53. The van der Waals surface area contributed by atoms with Gasteiger partial charge in [0.15, 0.2) is 5.96 Å². The second-order valence-corrected chi connectivity index (χ2v) is 6.27. The fourth-order valence-electron chi connectivity index (χ4n) is 1.94. The molecule has 22 heavy (non-hydrogen) atoms. The number of aliphatic imine (C=N–C) groups is 1. The van der Waals surface area contributed by atoms with Gasteiger partial charge in [-0.3, -0.25) is 4.99 Å². The molecule has 0 aromatic carbocycles. The van der Waals surface area contributed by atoms with Crippen LogP contribution in [0.25, 0.3) is 0 Å². The summed E-state index contributed by atoms with van der Waals surface area (Å²) in [5, 5.41) is 9.83. The molecule has 120 valence electrons. The molecular weight excluding hydrogens is 296 g/mol. The topological polar surface area (TPSA) is 67.1 Å². The standard InChI is InChI=1S/C15H24N6S/c1-12(2)13-10-22-14(20-13)9-19-15(16-3)18-5-4-7-21-8-6-17-11-21/h6,8,10-12H,4-5,7,9H2,1-3H3,(H2,16,18,19). The summed E-state index contributed by atoms with van der Waals surface area (Å²) < 4.78 is 2.07. The number of rotatable bonds is 7. The molecule has 2 aromatic heterocycles. The number of thiazole rings is 1. The zero-order chi connectivity index (χ0) is 15.8. The third-order valence-corrected chi connectivity index (χ3v) is 4.10. The molecule has 0 saturated carbocycles. The number of imidazole rings is 1. The minimum absolute atomic E-state index is 0.477. The Balaban J connectivity index is 1.68. The predicted octanol–water partition coefficient (Wildman–Crippen LogP) is 2.22. The molecule has 2 heterocycles. The molecule has 0 aliphatic carbocycles. The molecular formula is C15H24N6S. The molecule has 0 saturated heterocycles. The first-order valence-electron chi connectivity index (χ1n) is 7.53. The first-order chi connectivity index (χ1) is 10.7. The fraction of sp³-hybridized carbons (Fsp3) is 0.533. The number of guanidine groups is 1. The monoisotopic (exact) mass is 320 g/mol. The number of aryl methyl sites for hydroxylation is 1. The first-order valence-corrected chi connectivity index (χ1v) is 8.41. The van der Waals surface area contributed by atoms with Crippen LogP contribution in [0.1, 0.15) is 36.9 Å². The molecule has 6 nitrogen and oxygen atoms in total. The number of hydrogen-bond acceptors (Lipinski definition) is 4. The van der Waals surface area contributed by atoms with E-state index in [4.69, 9.17) is 0 Å². The average molecular weight is 320 g/mol. The van der Waals surface area contributed by atoms with E-state index in [0.29, 0.717) is 12.5 Å². The third kappa shape index (κ3) is 5.14. The highest BCUT2D eigenvalue weighted by molar-refractivity contribution is 7.09. The third-order valence-electron chi connectivity index (χ3n) is 3.24. The summed E-state index contributed by atoms with van der Waals surface area (Å²) in [7, 11) is 1.78. The van der Waals surface area contributed by atoms with Crippen molar-refractivity contribution in [3.63, 3.8) is 0 Å². The summed E-state index contributed by atoms with van der Waals surface area (Å²) in [6.07, 6.45) is 6.63. The van der Waals surface area contributed by atoms with Crippen molar-refractivity contribution in [2.75, 3.05) is 13.6 Å². The SMILES string of the molecule is CN=C(NCCCn1ccnc1)NCc1nc(C(C)C)cs1. The van der Waals surface area contributed by atoms with Crippen molar-refractivity contribution in [3.05, 3.63) is 34.8 Å². The summed E-state index contributed by atoms with van der Waals surface area (Å²) >= 11 is 1.69. The van der Waals surface area contributed by atoms with E-state index in [1.807, 2.05) is 12.5 Å². The highest BCUT2D eigenvalue weighted by Crippen LogP contribution is 2.17. The lowest BCUT2D eigenvalue weighted by molar-refractivity contribution is 0.624. The lowest BCUT2D eigenvalue weighted by Crippen LogP contribution is -2.37. The van der Waals surface area contributed by atoms with Crippen LogP contribution in [0.15, 0.2) is 29.1 Å². The van der Waals surface area contributed by atoms with Gasteiger partial charge in [0.25, 0.3) is 0 Å². The summed E-state index contributed by atoms with van der Waals surface area (Å²) in [5.74, 6) is 1.29. The smallest absolute Gasteiger partial charge is 0.191 e. The molecule has 7 heteroatoms. The molecule has 0 unspecified atom stereocenters. The van der Waals surface area contributed by atoms with Gasteiger partial charge in [-0.2, -0.15) is 0 Å². The van der Waals surface area contributed by atoms with E-state index in [-0.39, 0.29) is 0 Å². The largest absolute Gasteiger partial charge is 0.356 e. The van der Waals surface area contributed by atoms with E-state index >= 15 is 0 Å². The Hall–Kier alpha value is -1.89. The minimum Gasteiger partial charge on any atom is -0.356 e. The summed E-state index contributed by atoms with van der Waals surface area (Å²) in [5.41, 5.74) is 1.16. The van der Waals surface area contributed by atoms with Crippen LogP contribution in [0.5, 0.6) is 0 Å². The van der Waals surface area contributed by atoms with Crippen LogP contribution < -0.4 is 10.6 Å². The molecule has 0 amide bonds. The Bertz CT molecular complexity index is 573. The molecule has 0 aliphatic rings. The molecule has 2 aromatic rings. The van der Waals surface area contributed by atoms with Crippen LogP contribution in [0.4, 0.5) is 0 Å². The van der Waals surface area contributed by atoms with Gasteiger partial charge in [-0.1, -0.05) is 13.8 Å². The summed E-state index contributed by atoms with van der Waals surface area (Å²) in [6, 6.07) is 0. The Kier molecular flexibility index (Phi) is 6.39. The Morgan fingerprint density at radius 1 is 1.41 bits per heavy atom. The number of nitrogens with one attached hydrogen (secondary N) is 2. The van der Waals surface area contributed by atoms with Crippen molar-refractivity contribution in [3.8, 4) is 0 Å². The van der Waals surface area contributed by atoms with Crippen LogP contribution in [0.3, 0.4) is 0 Å². The van der Waals surface area contributed by atoms with E-state index in [1.165, 1.54) is 0 Å². The van der Waals surface area contributed by atoms with Gasteiger partial charge >= 0.3 is 0 Å². The molecule has 0 fully saturated rings. The maximum absolute atomic E-state index is 4.61. The van der Waals surface area contributed by atoms with E-state index < -0.39 is 0 Å². The van der Waals surface area contributed by atoms with Crippen molar-refractivity contribution in [2.45, 2.75) is 39.3 Å². The van der Waals surface area contributed by atoms with Gasteiger partial charge in [-0.05, 0) is 12.3 Å². The van der Waals surface area contributed by atoms with E-state index in [9.17, 15) is 0 Å². The first kappa shape index (κ1) is 16.5. The summed E-state index contributed by atoms with van der Waals surface area (Å²) in [4.78, 5) is 12.9. The van der Waals surface area contributed by atoms with Crippen molar-refractivity contribution in [2.24, 2.45) is 4.99 Å². The van der Waals surface area contributed by atoms with Crippen molar-refractivity contribution < 1.29 is 0 Å². The van der Waals surface area contributed by atoms with Crippen LogP contribution in [0, 0.1) is 0 Å². The van der Waals surface area contributed by atoms with Crippen LogP contribution in [-0.2, 0) is 13.1 Å². The molecule has 0 atom stereocenters. The molecule has 0 radical (unpaired) electrons. The highest BCUT2D eigenvalue weighted by atomic mass is 32.1. The lowest BCUT2D eigenvalue weighted by Gasteiger charge is -2.11. The van der Waals surface area contributed by atoms with E-state index in [0.717, 1.165) is 36.2 Å². The van der Waals surface area contributed by atoms with E-state index in [1.54, 1.807) is 24.6 Å². The normalized spacial score (nSPS) is 11.9. The highest BCUT2D eigenvalue weighted by Gasteiger charge is 2.06. The van der Waals surface area contributed by atoms with Gasteiger partial charge in [0, 0.05) is 37.9 Å². The van der Waals surface area contributed by atoms with Crippen molar-refractivity contribution >= 4 is 17.3 Å². The van der Waals surface area contributed by atoms with Gasteiger partial charge in [-0.15, -0.1) is 11.3 Å². The predicted molar refractivity (Wildman–Crippen MR) is 91.2 cm³/mol. The van der Waals surface area contributed by atoms with Gasteiger partial charge in [0.2, 0.25) is 0 Å². The zero-order valence-electron chi connectivity index (χ0n) is 13.4. The van der Waals surface area contributed by atoms with Crippen LogP contribution >= 0.6 is 11.3 Å². The van der Waals surface area contributed by atoms with Crippen LogP contribution in [0.2, 0.25) is 0 Å². The Morgan fingerprint density at radius 3 is 2.91 bits per heavy atom. The number of hydrogen-bond donors (Lipinski definition) is 2. The van der Waals surface area contributed by atoms with Gasteiger partial charge in [-0.25, -0.2) is 9.97 Å². The fourth-order valence-corrected chi connectivity index (χ4v) is 2.83. The number of nitrogens with zero attached hydrogens (tertiary/aromatic N) is 4. The van der Waals surface area contributed by atoms with E-state index in [2.05, 4.69) is 49.4 Å². The van der Waals surface area contributed by atoms with Crippen LogP contribution in [-0.4, -0.2) is 34.1 Å². The van der Waals surface area contributed by atoms with Crippen molar-refractivity contribution in [1.82, 2.24) is 25.2 Å². The van der Waals surface area contributed by atoms with Gasteiger partial charge < -0.3 is 15.2 Å². The summed E-state index contributed by atoms with van der Waals surface area (Å²) in [6.45, 7) is 6.85. The average Bonchev–Trinajstić information content (AvgIpc) is 3.18. The van der Waals surface area contributed by atoms with Gasteiger partial charge in [0.1, 0.15) is 5.01 Å². The lowest BCUT2D eigenvalue weighted by atomic mass is 10.2. The maximum atomic E-state index is 4.61. The number of aromatic nitrogens is 3. The minimum atomic E-state index is 0.477. The zero-order valence-corrected chi connectivity index (χ0v) is 14.2. The molecule has 2 N–H and O–H groups in total. The Labute approximate surface area is 135 Å². The Morgan fingerprint density at radius 2 is 2.27 bits per heavy atom. The maximum Gasteiger partial charge on any atom is 0.191 e. The van der Waals surface area contributed by atoms with Gasteiger partial charge in [0.05, 0.1) is 18.6 Å². The molecule has 0 spiro atoms.